The molecule has 7 nitrogen and oxygen atoms in total. The van der Waals surface area contributed by atoms with E-state index < -0.39 is 52.7 Å². The van der Waals surface area contributed by atoms with E-state index >= 15 is 0 Å². The number of halogens is 4. The van der Waals surface area contributed by atoms with Crippen molar-refractivity contribution in [3.8, 4) is 5.75 Å². The Morgan fingerprint density at radius 1 is 1.15 bits per heavy atom. The Morgan fingerprint density at radius 3 is 2.53 bits per heavy atom. The van der Waals surface area contributed by atoms with E-state index in [0.717, 1.165) is 37.8 Å². The van der Waals surface area contributed by atoms with E-state index in [9.17, 15) is 37.1 Å². The molecular formula is C23H21F4N3O4. The van der Waals surface area contributed by atoms with Gasteiger partial charge in [-0.2, -0.15) is 13.2 Å². The van der Waals surface area contributed by atoms with Gasteiger partial charge in [-0.1, -0.05) is 6.07 Å². The molecule has 180 valence electrons. The van der Waals surface area contributed by atoms with Gasteiger partial charge in [0, 0.05) is 25.3 Å². The second-order valence-electron chi connectivity index (χ2n) is 9.05. The minimum atomic E-state index is -4.84. The molecule has 0 spiro atoms. The van der Waals surface area contributed by atoms with Crippen molar-refractivity contribution in [2.75, 3.05) is 0 Å². The summed E-state index contributed by atoms with van der Waals surface area (Å²) >= 11 is 0. The maximum atomic E-state index is 13.3. The fourth-order valence-corrected chi connectivity index (χ4v) is 5.56. The summed E-state index contributed by atoms with van der Waals surface area (Å²) in [5, 5.41) is 12.8. The second kappa shape index (κ2) is 7.85. The average Bonchev–Trinajstić information content (AvgIpc) is 2.80. The molecule has 6 rings (SSSR count). The lowest BCUT2D eigenvalue weighted by molar-refractivity contribution is -0.138. The Balaban J connectivity index is 1.44. The topological polar surface area (TPSA) is 91.6 Å². The molecule has 1 atom stereocenters. The number of aromatic nitrogens is 1. The summed E-state index contributed by atoms with van der Waals surface area (Å²) in [5.74, 6) is -3.09. The molecule has 3 aliphatic heterocycles. The van der Waals surface area contributed by atoms with Gasteiger partial charge in [0.2, 0.25) is 5.43 Å². The zero-order valence-corrected chi connectivity index (χ0v) is 17.9. The number of aromatic hydroxyl groups is 1. The van der Waals surface area contributed by atoms with Crippen LogP contribution in [0.25, 0.3) is 0 Å². The number of alkyl halides is 3. The van der Waals surface area contributed by atoms with Crippen molar-refractivity contribution in [3.63, 3.8) is 0 Å². The van der Waals surface area contributed by atoms with Crippen molar-refractivity contribution in [2.45, 2.75) is 57.0 Å². The van der Waals surface area contributed by atoms with Gasteiger partial charge in [0.25, 0.3) is 11.8 Å². The largest absolute Gasteiger partial charge is 0.503 e. The number of piperidine rings is 2. The fourth-order valence-electron chi connectivity index (χ4n) is 5.56. The Bertz CT molecular complexity index is 1250. The number of carbonyl (C=O) groups is 2. The molecule has 4 heterocycles. The van der Waals surface area contributed by atoms with E-state index in [-0.39, 0.29) is 23.3 Å². The fraction of sp³-hybridized carbons (Fsp3) is 0.435. The second-order valence-corrected chi connectivity index (χ2v) is 9.05. The minimum Gasteiger partial charge on any atom is -0.503 e. The van der Waals surface area contributed by atoms with Gasteiger partial charge in [-0.25, -0.2) is 4.39 Å². The molecule has 34 heavy (non-hydrogen) atoms. The SMILES string of the molecule is O=C(NCc1ccc(F)cc1C(F)(F)F)c1cn2c(c(O)c1=O)C(=O)N1[C@H]3CC[C@H](CC3)[C@@H]1C2. The van der Waals surface area contributed by atoms with Gasteiger partial charge in [-0.3, -0.25) is 14.4 Å². The highest BCUT2D eigenvalue weighted by Gasteiger charge is 2.48. The Hall–Kier alpha value is -3.37. The van der Waals surface area contributed by atoms with Crippen LogP contribution in [0.1, 0.15) is 57.7 Å². The number of nitrogens with one attached hydrogen (secondary N) is 1. The smallest absolute Gasteiger partial charge is 0.416 e. The molecule has 2 amide bonds. The zero-order valence-electron chi connectivity index (χ0n) is 17.9. The molecule has 1 aromatic heterocycles. The van der Waals surface area contributed by atoms with Crippen LogP contribution in [0.4, 0.5) is 17.6 Å². The lowest BCUT2D eigenvalue weighted by Crippen LogP contribution is -2.61. The highest BCUT2D eigenvalue weighted by atomic mass is 19.4. The molecule has 2 saturated heterocycles. The molecule has 1 aromatic carbocycles. The molecule has 4 aliphatic rings. The first kappa shape index (κ1) is 22.4. The van der Waals surface area contributed by atoms with Crippen molar-refractivity contribution in [1.82, 2.24) is 14.8 Å². The first-order valence-corrected chi connectivity index (χ1v) is 11.0. The van der Waals surface area contributed by atoms with Gasteiger partial charge in [0.15, 0.2) is 11.4 Å². The number of amides is 2. The third kappa shape index (κ3) is 3.54. The predicted molar refractivity (Wildman–Crippen MR) is 111 cm³/mol. The first-order chi connectivity index (χ1) is 16.1. The van der Waals surface area contributed by atoms with Crippen LogP contribution in [-0.4, -0.2) is 38.5 Å². The number of hydrogen-bond donors (Lipinski definition) is 2. The van der Waals surface area contributed by atoms with E-state index in [2.05, 4.69) is 5.32 Å². The summed E-state index contributed by atoms with van der Waals surface area (Å²) in [5.41, 5.74) is -3.36. The maximum Gasteiger partial charge on any atom is 0.416 e. The third-order valence-corrected chi connectivity index (χ3v) is 7.17. The molecule has 2 aromatic rings. The van der Waals surface area contributed by atoms with E-state index in [0.29, 0.717) is 18.5 Å². The Morgan fingerprint density at radius 2 is 1.85 bits per heavy atom. The van der Waals surface area contributed by atoms with Gasteiger partial charge in [-0.05, 0) is 49.3 Å². The number of pyridine rings is 1. The van der Waals surface area contributed by atoms with Crippen molar-refractivity contribution < 1.29 is 32.3 Å². The minimum absolute atomic E-state index is 0.0623. The van der Waals surface area contributed by atoms with Crippen molar-refractivity contribution >= 4 is 11.8 Å². The van der Waals surface area contributed by atoms with Crippen molar-refractivity contribution in [1.29, 1.82) is 0 Å². The van der Waals surface area contributed by atoms with Crippen LogP contribution in [0, 0.1) is 11.7 Å². The van der Waals surface area contributed by atoms with Crippen LogP contribution in [0.2, 0.25) is 0 Å². The van der Waals surface area contributed by atoms with E-state index in [4.69, 9.17) is 0 Å². The lowest BCUT2D eigenvalue weighted by atomic mass is 9.73. The standard InChI is InChI=1S/C23H21F4N3O4/c24-13-4-1-12(16(7-13)23(25,26)27)8-28-21(33)15-9-29-10-17-11-2-5-14(6-3-11)30(17)22(34)18(29)20(32)19(15)31/h1,4,7,9,11,14,17,32H,2-3,5-6,8,10H2,(H,28,33)/t11-,14+,17-/m0/s1. The monoisotopic (exact) mass is 479 g/mol. The van der Waals surface area contributed by atoms with Crippen molar-refractivity contribution in [2.24, 2.45) is 5.92 Å². The Labute approximate surface area is 191 Å². The summed E-state index contributed by atoms with van der Waals surface area (Å²) < 4.78 is 54.4. The molecular weight excluding hydrogens is 458 g/mol. The van der Waals surface area contributed by atoms with Gasteiger partial charge in [0.05, 0.1) is 11.6 Å². The summed E-state index contributed by atoms with van der Waals surface area (Å²) in [6, 6.07) is 2.04. The van der Waals surface area contributed by atoms with Crippen LogP contribution >= 0.6 is 0 Å². The number of fused-ring (bicyclic) bond motifs is 3. The lowest BCUT2D eigenvalue weighted by Gasteiger charge is -2.53. The van der Waals surface area contributed by atoms with E-state index in [1.54, 1.807) is 4.90 Å². The number of benzene rings is 1. The van der Waals surface area contributed by atoms with E-state index in [1.165, 1.54) is 10.8 Å². The maximum absolute atomic E-state index is 13.3. The molecule has 2 bridgehead atoms. The normalized spacial score (nSPS) is 23.5. The summed E-state index contributed by atoms with van der Waals surface area (Å²) in [4.78, 5) is 40.3. The zero-order chi connectivity index (χ0) is 24.4. The quantitative estimate of drug-likeness (QED) is 0.663. The van der Waals surface area contributed by atoms with E-state index in [1.807, 2.05) is 0 Å². The van der Waals surface area contributed by atoms with Crippen LogP contribution in [-0.2, 0) is 19.3 Å². The van der Waals surface area contributed by atoms with Gasteiger partial charge in [-0.15, -0.1) is 0 Å². The molecule has 3 fully saturated rings. The number of carbonyl (C=O) groups excluding carboxylic acids is 2. The summed E-state index contributed by atoms with van der Waals surface area (Å²) in [6.45, 7) is -0.304. The Kier molecular flexibility index (Phi) is 5.18. The van der Waals surface area contributed by atoms with Gasteiger partial charge >= 0.3 is 6.18 Å². The van der Waals surface area contributed by atoms with Crippen LogP contribution in [0.15, 0.2) is 29.2 Å². The first-order valence-electron chi connectivity index (χ1n) is 11.0. The van der Waals surface area contributed by atoms with Gasteiger partial charge < -0.3 is 19.9 Å². The molecule has 0 unspecified atom stereocenters. The molecule has 1 aliphatic carbocycles. The number of hydrogen-bond acceptors (Lipinski definition) is 4. The van der Waals surface area contributed by atoms with Crippen LogP contribution in [0.3, 0.4) is 0 Å². The molecule has 11 heteroatoms. The molecule has 2 N–H and O–H groups in total. The van der Waals surface area contributed by atoms with Crippen LogP contribution < -0.4 is 10.7 Å². The number of rotatable bonds is 3. The third-order valence-electron chi connectivity index (χ3n) is 7.17. The number of nitrogens with zero attached hydrogens (tertiary/aromatic N) is 2. The average molecular weight is 479 g/mol. The summed E-state index contributed by atoms with van der Waals surface area (Å²) in [6.07, 6.45) is 0.0563. The highest BCUT2D eigenvalue weighted by Crippen LogP contribution is 2.43. The predicted octanol–water partition coefficient (Wildman–Crippen LogP) is 3.04. The summed E-state index contributed by atoms with van der Waals surface area (Å²) in [7, 11) is 0. The highest BCUT2D eigenvalue weighted by molar-refractivity contribution is 5.99. The van der Waals surface area contributed by atoms with Crippen molar-refractivity contribution in [3.05, 3.63) is 62.8 Å². The van der Waals surface area contributed by atoms with Crippen LogP contribution in [0.5, 0.6) is 5.75 Å². The van der Waals surface area contributed by atoms with Gasteiger partial charge in [0.1, 0.15) is 11.4 Å². The molecule has 0 radical (unpaired) electrons. The molecule has 1 saturated carbocycles.